The SMILES string of the molecule is CCOc1ccc(NS(=O)(=O)c2ccc(C(=O)NC(C)(C)C)cc2)cc1. The maximum Gasteiger partial charge on any atom is 0.261 e. The monoisotopic (exact) mass is 376 g/mol. The highest BCUT2D eigenvalue weighted by atomic mass is 32.2. The Bertz CT molecular complexity index is 852. The van der Waals surface area contributed by atoms with Crippen LogP contribution in [0.5, 0.6) is 5.75 Å². The van der Waals surface area contributed by atoms with Crippen LogP contribution in [0.15, 0.2) is 53.4 Å². The molecule has 0 bridgehead atoms. The van der Waals surface area contributed by atoms with Crippen LogP contribution < -0.4 is 14.8 Å². The van der Waals surface area contributed by atoms with Crippen molar-refractivity contribution >= 4 is 21.6 Å². The predicted octanol–water partition coefficient (Wildman–Crippen LogP) is 3.41. The Morgan fingerprint density at radius 2 is 1.58 bits per heavy atom. The summed E-state index contributed by atoms with van der Waals surface area (Å²) in [4.78, 5) is 12.2. The lowest BCUT2D eigenvalue weighted by Crippen LogP contribution is -2.40. The molecule has 0 spiro atoms. The molecule has 0 fully saturated rings. The highest BCUT2D eigenvalue weighted by molar-refractivity contribution is 7.92. The van der Waals surface area contributed by atoms with Gasteiger partial charge in [0.25, 0.3) is 15.9 Å². The predicted molar refractivity (Wildman–Crippen MR) is 102 cm³/mol. The van der Waals surface area contributed by atoms with Crippen molar-refractivity contribution in [2.45, 2.75) is 38.1 Å². The minimum absolute atomic E-state index is 0.0821. The van der Waals surface area contributed by atoms with Crippen molar-refractivity contribution in [2.75, 3.05) is 11.3 Å². The smallest absolute Gasteiger partial charge is 0.261 e. The average Bonchev–Trinajstić information content (AvgIpc) is 2.55. The zero-order valence-corrected chi connectivity index (χ0v) is 16.2. The number of benzene rings is 2. The zero-order chi connectivity index (χ0) is 19.4. The second-order valence-electron chi connectivity index (χ2n) is 6.79. The van der Waals surface area contributed by atoms with Gasteiger partial charge in [-0.1, -0.05) is 0 Å². The highest BCUT2D eigenvalue weighted by Crippen LogP contribution is 2.20. The molecule has 0 aromatic heterocycles. The van der Waals surface area contributed by atoms with E-state index in [0.29, 0.717) is 23.6 Å². The van der Waals surface area contributed by atoms with E-state index in [0.717, 1.165) is 0 Å². The summed E-state index contributed by atoms with van der Waals surface area (Å²) in [5.74, 6) is 0.422. The summed E-state index contributed by atoms with van der Waals surface area (Å²) in [7, 11) is -3.74. The number of hydrogen-bond acceptors (Lipinski definition) is 4. The van der Waals surface area contributed by atoms with E-state index in [4.69, 9.17) is 4.74 Å². The van der Waals surface area contributed by atoms with Gasteiger partial charge in [-0.15, -0.1) is 0 Å². The van der Waals surface area contributed by atoms with E-state index in [1.807, 2.05) is 27.7 Å². The van der Waals surface area contributed by atoms with Gasteiger partial charge >= 0.3 is 0 Å². The molecule has 0 saturated carbocycles. The largest absolute Gasteiger partial charge is 0.494 e. The molecule has 0 aliphatic heterocycles. The van der Waals surface area contributed by atoms with Crippen LogP contribution in [0.4, 0.5) is 5.69 Å². The van der Waals surface area contributed by atoms with Crippen LogP contribution in [0.3, 0.4) is 0 Å². The molecule has 1 amide bonds. The average molecular weight is 376 g/mol. The molecule has 0 atom stereocenters. The number of amides is 1. The molecule has 140 valence electrons. The Hall–Kier alpha value is -2.54. The summed E-state index contributed by atoms with van der Waals surface area (Å²) < 4.78 is 32.8. The fourth-order valence-corrected chi connectivity index (χ4v) is 3.26. The first-order valence-electron chi connectivity index (χ1n) is 8.29. The molecule has 0 radical (unpaired) electrons. The van der Waals surface area contributed by atoms with E-state index in [9.17, 15) is 13.2 Å². The van der Waals surface area contributed by atoms with Crippen LogP contribution in [0, 0.1) is 0 Å². The lowest BCUT2D eigenvalue weighted by molar-refractivity contribution is 0.0919. The number of carbonyl (C=O) groups excluding carboxylic acids is 1. The Morgan fingerprint density at radius 1 is 1.00 bits per heavy atom. The Labute approximate surface area is 154 Å². The van der Waals surface area contributed by atoms with Gasteiger partial charge in [-0.2, -0.15) is 0 Å². The molecule has 2 rings (SSSR count). The summed E-state index contributed by atoms with van der Waals surface area (Å²) >= 11 is 0. The van der Waals surface area contributed by atoms with Gasteiger partial charge in [0, 0.05) is 16.8 Å². The Balaban J connectivity index is 2.12. The van der Waals surface area contributed by atoms with Crippen LogP contribution in [-0.2, 0) is 10.0 Å². The quantitative estimate of drug-likeness (QED) is 0.809. The number of ether oxygens (including phenoxy) is 1. The first-order valence-corrected chi connectivity index (χ1v) is 9.77. The minimum atomic E-state index is -3.74. The summed E-state index contributed by atoms with van der Waals surface area (Å²) in [5.41, 5.74) is 0.472. The van der Waals surface area contributed by atoms with Crippen LogP contribution in [0.25, 0.3) is 0 Å². The van der Waals surface area contributed by atoms with E-state index in [1.165, 1.54) is 24.3 Å². The summed E-state index contributed by atoms with van der Waals surface area (Å²) in [6.45, 7) is 8.06. The second kappa shape index (κ2) is 7.78. The molecule has 0 aliphatic carbocycles. The number of carbonyl (C=O) groups is 1. The van der Waals surface area contributed by atoms with E-state index >= 15 is 0 Å². The van der Waals surface area contributed by atoms with Gasteiger partial charge < -0.3 is 10.1 Å². The van der Waals surface area contributed by atoms with Crippen LogP contribution in [0.1, 0.15) is 38.1 Å². The topological polar surface area (TPSA) is 84.5 Å². The molecular formula is C19H24N2O4S. The van der Waals surface area contributed by atoms with Crippen molar-refractivity contribution in [1.29, 1.82) is 0 Å². The van der Waals surface area contributed by atoms with Crippen molar-refractivity contribution in [3.8, 4) is 5.75 Å². The van der Waals surface area contributed by atoms with Gasteiger partial charge in [-0.3, -0.25) is 9.52 Å². The second-order valence-corrected chi connectivity index (χ2v) is 8.47. The van der Waals surface area contributed by atoms with Gasteiger partial charge in [-0.25, -0.2) is 8.42 Å². The first kappa shape index (κ1) is 19.8. The molecule has 26 heavy (non-hydrogen) atoms. The van der Waals surface area contributed by atoms with Crippen LogP contribution in [0.2, 0.25) is 0 Å². The lowest BCUT2D eigenvalue weighted by Gasteiger charge is -2.20. The van der Waals surface area contributed by atoms with Gasteiger partial charge in [0.05, 0.1) is 11.5 Å². The molecule has 6 nitrogen and oxygen atoms in total. The molecule has 2 aromatic carbocycles. The molecule has 0 saturated heterocycles. The summed E-state index contributed by atoms with van der Waals surface area (Å²) in [5, 5.41) is 2.83. The fourth-order valence-electron chi connectivity index (χ4n) is 2.20. The standard InChI is InChI=1S/C19H24N2O4S/c1-5-25-16-10-8-15(9-11-16)21-26(23,24)17-12-6-14(7-13-17)18(22)20-19(2,3)4/h6-13,21H,5H2,1-4H3,(H,20,22). The summed E-state index contributed by atoms with van der Waals surface area (Å²) in [6, 6.07) is 12.5. The van der Waals surface area contributed by atoms with Gasteiger partial charge in [0.15, 0.2) is 0 Å². The van der Waals surface area contributed by atoms with Gasteiger partial charge in [0.2, 0.25) is 0 Å². The summed E-state index contributed by atoms with van der Waals surface area (Å²) in [6.07, 6.45) is 0. The number of anilines is 1. The molecule has 0 heterocycles. The minimum Gasteiger partial charge on any atom is -0.494 e. The van der Waals surface area contributed by atoms with Crippen molar-refractivity contribution in [2.24, 2.45) is 0 Å². The van der Waals surface area contributed by atoms with Crippen molar-refractivity contribution < 1.29 is 17.9 Å². The molecule has 2 N–H and O–H groups in total. The maximum absolute atomic E-state index is 12.5. The van der Waals surface area contributed by atoms with E-state index < -0.39 is 10.0 Å². The third-order valence-electron chi connectivity index (χ3n) is 3.33. The lowest BCUT2D eigenvalue weighted by atomic mass is 10.1. The highest BCUT2D eigenvalue weighted by Gasteiger charge is 2.18. The molecular weight excluding hydrogens is 352 g/mol. The normalized spacial score (nSPS) is 11.7. The van der Waals surface area contributed by atoms with Crippen LogP contribution in [-0.4, -0.2) is 26.5 Å². The third-order valence-corrected chi connectivity index (χ3v) is 4.73. The number of nitrogens with one attached hydrogen (secondary N) is 2. The zero-order valence-electron chi connectivity index (χ0n) is 15.4. The van der Waals surface area contributed by atoms with Crippen LogP contribution >= 0.6 is 0 Å². The van der Waals surface area contributed by atoms with Crippen molar-refractivity contribution in [1.82, 2.24) is 5.32 Å². The number of hydrogen-bond donors (Lipinski definition) is 2. The fraction of sp³-hybridized carbons (Fsp3) is 0.316. The first-order chi connectivity index (χ1) is 12.1. The number of sulfonamides is 1. The Morgan fingerprint density at radius 3 is 2.08 bits per heavy atom. The van der Waals surface area contributed by atoms with Gasteiger partial charge in [0.1, 0.15) is 5.75 Å². The van der Waals surface area contributed by atoms with Crippen molar-refractivity contribution in [3.63, 3.8) is 0 Å². The van der Waals surface area contributed by atoms with E-state index in [-0.39, 0.29) is 16.3 Å². The maximum atomic E-state index is 12.5. The third kappa shape index (κ3) is 5.49. The molecule has 0 unspecified atom stereocenters. The molecule has 2 aromatic rings. The van der Waals surface area contributed by atoms with Crippen molar-refractivity contribution in [3.05, 3.63) is 54.1 Å². The molecule has 0 aliphatic rings. The van der Waals surface area contributed by atoms with Gasteiger partial charge in [-0.05, 0) is 76.2 Å². The van der Waals surface area contributed by atoms with E-state index in [2.05, 4.69) is 10.0 Å². The Kier molecular flexibility index (Phi) is 5.92. The number of rotatable bonds is 6. The van der Waals surface area contributed by atoms with E-state index in [1.54, 1.807) is 24.3 Å². The molecule has 7 heteroatoms.